The van der Waals surface area contributed by atoms with Gasteiger partial charge in [0.25, 0.3) is 21.0 Å². The normalized spacial score (nSPS) is 12.0. The number of nitrogen functional groups attached to an aromatic ring is 1. The molecule has 9 heteroatoms. The van der Waals surface area contributed by atoms with Crippen molar-refractivity contribution in [3.05, 3.63) is 22.1 Å². The summed E-state index contributed by atoms with van der Waals surface area (Å²) < 4.78 is 46.0. The molecule has 5 nitrogen and oxygen atoms in total. The van der Waals surface area contributed by atoms with Crippen molar-refractivity contribution in [2.24, 2.45) is 0 Å². The van der Waals surface area contributed by atoms with Crippen LogP contribution in [0.5, 0.6) is 0 Å². The Kier molecular flexibility index (Phi) is 3.00. The van der Waals surface area contributed by atoms with Crippen LogP contribution in [0.1, 0.15) is 12.1 Å². The SMILES string of the molecule is Nc1cc(C(F)F)[nH]c(=O)c1S(=O)(=O)Cl. The Balaban J connectivity index is 3.56. The van der Waals surface area contributed by atoms with Gasteiger partial charge < -0.3 is 10.7 Å². The fourth-order valence-electron chi connectivity index (χ4n) is 0.957. The molecule has 0 saturated carbocycles. The van der Waals surface area contributed by atoms with Crippen molar-refractivity contribution in [1.29, 1.82) is 0 Å². The topological polar surface area (TPSA) is 93.0 Å². The third-order valence-electron chi connectivity index (χ3n) is 1.52. The van der Waals surface area contributed by atoms with Gasteiger partial charge in [-0.05, 0) is 6.07 Å². The lowest BCUT2D eigenvalue weighted by Gasteiger charge is -2.04. The number of nitrogens with one attached hydrogen (secondary N) is 1. The predicted octanol–water partition coefficient (Wildman–Crippen LogP) is 0.822. The number of anilines is 1. The highest BCUT2D eigenvalue weighted by Gasteiger charge is 2.21. The Morgan fingerprint density at radius 1 is 1.47 bits per heavy atom. The highest BCUT2D eigenvalue weighted by molar-refractivity contribution is 8.13. The number of aromatic nitrogens is 1. The smallest absolute Gasteiger partial charge is 0.278 e. The number of H-pyrrole nitrogens is 1. The Morgan fingerprint density at radius 3 is 2.33 bits per heavy atom. The molecule has 1 heterocycles. The molecule has 3 N–H and O–H groups in total. The molecule has 0 spiro atoms. The van der Waals surface area contributed by atoms with Crippen molar-refractivity contribution in [3.8, 4) is 0 Å². The summed E-state index contributed by atoms with van der Waals surface area (Å²) in [6.07, 6.45) is -2.95. The maximum atomic E-state index is 12.1. The minimum absolute atomic E-state index is 0.607. The lowest BCUT2D eigenvalue weighted by atomic mass is 10.3. The predicted molar refractivity (Wildman–Crippen MR) is 49.5 cm³/mol. The molecule has 0 unspecified atom stereocenters. The maximum Gasteiger partial charge on any atom is 0.278 e. The van der Waals surface area contributed by atoms with Crippen molar-refractivity contribution >= 4 is 25.4 Å². The molecule has 0 amide bonds. The van der Waals surface area contributed by atoms with Gasteiger partial charge in [-0.25, -0.2) is 17.2 Å². The van der Waals surface area contributed by atoms with Crippen LogP contribution in [-0.4, -0.2) is 13.4 Å². The van der Waals surface area contributed by atoms with Gasteiger partial charge >= 0.3 is 0 Å². The van der Waals surface area contributed by atoms with Crippen LogP contribution >= 0.6 is 10.7 Å². The van der Waals surface area contributed by atoms with Crippen LogP contribution in [0.4, 0.5) is 14.5 Å². The second kappa shape index (κ2) is 3.78. The summed E-state index contributed by atoms with van der Waals surface area (Å²) >= 11 is 0. The number of nitrogens with two attached hydrogens (primary N) is 1. The van der Waals surface area contributed by atoms with E-state index in [-0.39, 0.29) is 0 Å². The van der Waals surface area contributed by atoms with Crippen LogP contribution in [0.2, 0.25) is 0 Å². The average Bonchev–Trinajstić information content (AvgIpc) is 1.99. The summed E-state index contributed by atoms with van der Waals surface area (Å²) in [4.78, 5) is 11.8. The van der Waals surface area contributed by atoms with E-state index in [1.54, 1.807) is 4.98 Å². The zero-order chi connectivity index (χ0) is 11.8. The molecule has 0 aromatic carbocycles. The maximum absolute atomic E-state index is 12.1. The van der Waals surface area contributed by atoms with Crippen LogP contribution in [0, 0.1) is 0 Å². The van der Waals surface area contributed by atoms with Crippen molar-refractivity contribution in [1.82, 2.24) is 4.98 Å². The van der Waals surface area contributed by atoms with E-state index in [1.807, 2.05) is 0 Å². The van der Waals surface area contributed by atoms with E-state index in [1.165, 1.54) is 0 Å². The van der Waals surface area contributed by atoms with Gasteiger partial charge in [-0.3, -0.25) is 4.79 Å². The van der Waals surface area contributed by atoms with E-state index in [0.717, 1.165) is 0 Å². The van der Waals surface area contributed by atoms with Crippen LogP contribution < -0.4 is 11.3 Å². The first-order valence-electron chi connectivity index (χ1n) is 3.49. The first-order valence-corrected chi connectivity index (χ1v) is 5.80. The van der Waals surface area contributed by atoms with Crippen molar-refractivity contribution in [2.45, 2.75) is 11.3 Å². The van der Waals surface area contributed by atoms with Crippen LogP contribution in [-0.2, 0) is 9.05 Å². The lowest BCUT2D eigenvalue weighted by Crippen LogP contribution is -2.19. The number of rotatable bonds is 2. The second-order valence-electron chi connectivity index (χ2n) is 2.58. The molecule has 1 rings (SSSR count). The molecule has 0 saturated heterocycles. The van der Waals surface area contributed by atoms with Crippen molar-refractivity contribution < 1.29 is 17.2 Å². The molecule has 0 aliphatic carbocycles. The molecular formula is C6H5ClF2N2O3S. The molecule has 84 valence electrons. The highest BCUT2D eigenvalue weighted by Crippen LogP contribution is 2.22. The molecular weight excluding hydrogens is 254 g/mol. The average molecular weight is 259 g/mol. The highest BCUT2D eigenvalue weighted by atomic mass is 35.7. The fraction of sp³-hybridized carbons (Fsp3) is 0.167. The number of pyridine rings is 1. The molecule has 0 radical (unpaired) electrons. The largest absolute Gasteiger partial charge is 0.397 e. The monoisotopic (exact) mass is 258 g/mol. The molecule has 15 heavy (non-hydrogen) atoms. The van der Waals surface area contributed by atoms with E-state index in [9.17, 15) is 22.0 Å². The van der Waals surface area contributed by atoms with Crippen LogP contribution in [0.25, 0.3) is 0 Å². The third kappa shape index (κ3) is 2.45. The van der Waals surface area contributed by atoms with Gasteiger partial charge in [-0.1, -0.05) is 0 Å². The quantitative estimate of drug-likeness (QED) is 0.768. The van der Waals surface area contributed by atoms with Gasteiger partial charge in [-0.15, -0.1) is 0 Å². The summed E-state index contributed by atoms with van der Waals surface area (Å²) in [7, 11) is 0.538. The number of halogens is 3. The fourth-order valence-corrected chi connectivity index (χ4v) is 2.05. The van der Waals surface area contributed by atoms with E-state index in [0.29, 0.717) is 6.07 Å². The number of hydrogen-bond acceptors (Lipinski definition) is 4. The van der Waals surface area contributed by atoms with E-state index >= 15 is 0 Å². The van der Waals surface area contributed by atoms with E-state index < -0.39 is 37.3 Å². The van der Waals surface area contributed by atoms with Gasteiger partial charge in [0.15, 0.2) is 4.90 Å². The van der Waals surface area contributed by atoms with Gasteiger partial charge in [0.1, 0.15) is 0 Å². The third-order valence-corrected chi connectivity index (χ3v) is 2.89. The summed E-state index contributed by atoms with van der Waals surface area (Å²) in [5.41, 5.74) is 2.50. The zero-order valence-corrected chi connectivity index (χ0v) is 8.57. The second-order valence-corrected chi connectivity index (χ2v) is 5.08. The van der Waals surface area contributed by atoms with E-state index in [2.05, 4.69) is 0 Å². The number of alkyl halides is 2. The number of aromatic amines is 1. The van der Waals surface area contributed by atoms with Gasteiger partial charge in [0.2, 0.25) is 0 Å². The molecule has 0 atom stereocenters. The summed E-state index contributed by atoms with van der Waals surface area (Å²) in [6, 6.07) is 0.654. The van der Waals surface area contributed by atoms with Crippen LogP contribution in [0.3, 0.4) is 0 Å². The van der Waals surface area contributed by atoms with Crippen molar-refractivity contribution in [3.63, 3.8) is 0 Å². The number of hydrogen-bond donors (Lipinski definition) is 2. The Hall–Kier alpha value is -1.15. The molecule has 1 aromatic heterocycles. The van der Waals surface area contributed by atoms with Gasteiger partial charge in [0.05, 0.1) is 11.4 Å². The standard InChI is InChI=1S/C6H5ClF2N2O3S/c7-15(13,14)4-2(10)1-3(5(8)9)11-6(4)12/h1,5H,(H3,10,11,12). The molecule has 0 aliphatic heterocycles. The van der Waals surface area contributed by atoms with Gasteiger partial charge in [-0.2, -0.15) is 0 Å². The summed E-state index contributed by atoms with van der Waals surface area (Å²) in [5, 5.41) is 0. The minimum atomic E-state index is -4.35. The summed E-state index contributed by atoms with van der Waals surface area (Å²) in [6.45, 7) is 0. The molecule has 1 aromatic rings. The van der Waals surface area contributed by atoms with E-state index in [4.69, 9.17) is 16.4 Å². The molecule has 0 fully saturated rings. The van der Waals surface area contributed by atoms with Crippen LogP contribution in [0.15, 0.2) is 15.8 Å². The Morgan fingerprint density at radius 2 is 2.00 bits per heavy atom. The lowest BCUT2D eigenvalue weighted by molar-refractivity contribution is 0.145. The van der Waals surface area contributed by atoms with Gasteiger partial charge in [0, 0.05) is 10.7 Å². The zero-order valence-electron chi connectivity index (χ0n) is 7.00. The molecule has 0 aliphatic rings. The van der Waals surface area contributed by atoms with Crippen molar-refractivity contribution in [2.75, 3.05) is 5.73 Å². The molecule has 0 bridgehead atoms. The first kappa shape index (κ1) is 11.9. The summed E-state index contributed by atoms with van der Waals surface area (Å²) in [5.74, 6) is 0. The Labute approximate surface area is 87.3 Å². The first-order chi connectivity index (χ1) is 6.73. The Bertz CT molecular complexity index is 540. The minimum Gasteiger partial charge on any atom is -0.397 e.